The van der Waals surface area contributed by atoms with Crippen LogP contribution in [0.5, 0.6) is 5.75 Å². The van der Waals surface area contributed by atoms with Gasteiger partial charge in [-0.25, -0.2) is 0 Å². The van der Waals surface area contributed by atoms with Gasteiger partial charge in [0.25, 0.3) is 0 Å². The third kappa shape index (κ3) is 9.10. The zero-order chi connectivity index (χ0) is 18.5. The molecule has 2 rings (SSSR count). The first-order valence-corrected chi connectivity index (χ1v) is 9.09. The summed E-state index contributed by atoms with van der Waals surface area (Å²) in [5.74, 6) is 1.73. The molecule has 0 heterocycles. The minimum absolute atomic E-state index is 0. The lowest BCUT2D eigenvalue weighted by Gasteiger charge is -2.12. The van der Waals surface area contributed by atoms with Gasteiger partial charge >= 0.3 is 0 Å². The number of nitrogens with one attached hydrogen (secondary N) is 2. The average molecular weight is 483 g/mol. The molecule has 0 bridgehead atoms. The van der Waals surface area contributed by atoms with Crippen molar-refractivity contribution in [2.75, 3.05) is 33.4 Å². The lowest BCUT2D eigenvalue weighted by atomic mass is 10.1. The van der Waals surface area contributed by atoms with Crippen LogP contribution in [-0.4, -0.2) is 39.3 Å². The Kier molecular flexibility index (Phi) is 12.3. The molecule has 2 aromatic carbocycles. The molecule has 5 nitrogen and oxygen atoms in total. The highest BCUT2D eigenvalue weighted by molar-refractivity contribution is 14.0. The quantitative estimate of drug-likeness (QED) is 0.235. The summed E-state index contributed by atoms with van der Waals surface area (Å²) < 4.78 is 11.1. The molecule has 0 radical (unpaired) electrons. The highest BCUT2D eigenvalue weighted by Crippen LogP contribution is 2.17. The lowest BCUT2D eigenvalue weighted by Crippen LogP contribution is -2.38. The number of methoxy groups -OCH3 is 1. The van der Waals surface area contributed by atoms with Crippen molar-refractivity contribution in [3.63, 3.8) is 0 Å². The van der Waals surface area contributed by atoms with E-state index in [1.807, 2.05) is 36.4 Å². The van der Waals surface area contributed by atoms with Gasteiger partial charge in [-0.15, -0.1) is 24.0 Å². The van der Waals surface area contributed by atoms with E-state index < -0.39 is 0 Å². The number of nitrogens with zero attached hydrogens (tertiary/aromatic N) is 1. The van der Waals surface area contributed by atoms with Crippen molar-refractivity contribution in [1.29, 1.82) is 0 Å². The largest absolute Gasteiger partial charge is 0.496 e. The second kappa shape index (κ2) is 14.3. The maximum atomic E-state index is 5.67. The van der Waals surface area contributed by atoms with E-state index in [1.165, 1.54) is 11.1 Å². The summed E-state index contributed by atoms with van der Waals surface area (Å²) in [6.07, 6.45) is 0.874. The first-order valence-electron chi connectivity index (χ1n) is 9.09. The Hall–Kier alpha value is -1.80. The summed E-state index contributed by atoms with van der Waals surface area (Å²) >= 11 is 0. The first kappa shape index (κ1) is 23.2. The molecule has 0 aliphatic carbocycles. The number of para-hydroxylation sites is 1. The molecule has 2 N–H and O–H groups in total. The fraction of sp³-hybridized carbons (Fsp3) is 0.381. The van der Waals surface area contributed by atoms with E-state index in [0.29, 0.717) is 19.8 Å². The van der Waals surface area contributed by atoms with Gasteiger partial charge in [-0.05, 0) is 30.5 Å². The van der Waals surface area contributed by atoms with Crippen molar-refractivity contribution < 1.29 is 9.47 Å². The Bertz CT molecular complexity index is 665. The van der Waals surface area contributed by atoms with E-state index in [2.05, 4.69) is 40.7 Å². The van der Waals surface area contributed by atoms with Gasteiger partial charge in [-0.3, -0.25) is 4.99 Å². The second-order valence-corrected chi connectivity index (χ2v) is 5.79. The molecule has 0 atom stereocenters. The van der Waals surface area contributed by atoms with Gasteiger partial charge < -0.3 is 20.1 Å². The smallest absolute Gasteiger partial charge is 0.191 e. The Morgan fingerprint density at radius 3 is 2.48 bits per heavy atom. The maximum absolute atomic E-state index is 5.67. The number of benzene rings is 2. The van der Waals surface area contributed by atoms with E-state index >= 15 is 0 Å². The minimum atomic E-state index is 0. The Morgan fingerprint density at radius 1 is 1.00 bits per heavy atom. The number of hydrogen-bond acceptors (Lipinski definition) is 3. The molecule has 0 spiro atoms. The van der Waals surface area contributed by atoms with Crippen LogP contribution in [0, 0.1) is 0 Å². The first-order chi connectivity index (χ1) is 12.8. The Morgan fingerprint density at radius 2 is 1.74 bits per heavy atom. The van der Waals surface area contributed by atoms with Crippen molar-refractivity contribution in [2.45, 2.75) is 20.0 Å². The molecule has 0 saturated heterocycles. The fourth-order valence-corrected chi connectivity index (χ4v) is 2.55. The maximum Gasteiger partial charge on any atom is 0.191 e. The summed E-state index contributed by atoms with van der Waals surface area (Å²) in [6.45, 7) is 5.51. The van der Waals surface area contributed by atoms with Crippen LogP contribution in [0.15, 0.2) is 59.6 Å². The van der Waals surface area contributed by atoms with Crippen LogP contribution in [0.3, 0.4) is 0 Å². The van der Waals surface area contributed by atoms with Crippen LogP contribution in [-0.2, 0) is 17.8 Å². The fourth-order valence-electron chi connectivity index (χ4n) is 2.55. The average Bonchev–Trinajstić information content (AvgIpc) is 2.69. The van der Waals surface area contributed by atoms with Crippen LogP contribution in [0.1, 0.15) is 18.1 Å². The van der Waals surface area contributed by atoms with Crippen molar-refractivity contribution in [3.8, 4) is 5.75 Å². The number of hydrogen-bond donors (Lipinski definition) is 2. The van der Waals surface area contributed by atoms with Crippen molar-refractivity contribution in [3.05, 3.63) is 65.7 Å². The van der Waals surface area contributed by atoms with Crippen molar-refractivity contribution in [2.24, 2.45) is 4.99 Å². The van der Waals surface area contributed by atoms with Gasteiger partial charge in [0.05, 0.1) is 26.9 Å². The standard InChI is InChI=1S/C21H29N3O2.HI/c1-3-22-21(23-14-13-19-11-7-8-12-20(19)25-2)24-15-16-26-17-18-9-5-4-6-10-18;/h4-12H,3,13-17H2,1-2H3,(H2,22,23,24);1H. The van der Waals surface area contributed by atoms with E-state index in [4.69, 9.17) is 9.47 Å². The molecule has 0 aliphatic rings. The zero-order valence-electron chi connectivity index (χ0n) is 16.1. The molecule has 148 valence electrons. The van der Waals surface area contributed by atoms with Crippen molar-refractivity contribution in [1.82, 2.24) is 10.6 Å². The second-order valence-electron chi connectivity index (χ2n) is 5.79. The number of guanidine groups is 1. The van der Waals surface area contributed by atoms with Crippen LogP contribution in [0.2, 0.25) is 0 Å². The van der Waals surface area contributed by atoms with Crippen LogP contribution in [0.25, 0.3) is 0 Å². The molecule has 6 heteroatoms. The molecule has 0 aliphatic heterocycles. The Labute approximate surface area is 179 Å². The van der Waals surface area contributed by atoms with Gasteiger partial charge in [0.1, 0.15) is 5.75 Å². The third-order valence-electron chi connectivity index (χ3n) is 3.84. The highest BCUT2D eigenvalue weighted by Gasteiger charge is 2.02. The topological polar surface area (TPSA) is 54.9 Å². The third-order valence-corrected chi connectivity index (χ3v) is 3.84. The SMILES string of the molecule is CCNC(=NCCOCc1ccccc1)NCCc1ccccc1OC.I. The summed E-state index contributed by atoms with van der Waals surface area (Å²) in [5.41, 5.74) is 2.36. The molecule has 0 saturated carbocycles. The molecule has 0 fully saturated rings. The Balaban J connectivity index is 0.00000364. The molecular formula is C21H30IN3O2. The number of aliphatic imine (C=N–C) groups is 1. The molecule has 2 aromatic rings. The van der Waals surface area contributed by atoms with E-state index in [0.717, 1.165) is 31.2 Å². The summed E-state index contributed by atoms with van der Waals surface area (Å²) in [4.78, 5) is 4.56. The number of halogens is 1. The van der Waals surface area contributed by atoms with E-state index in [9.17, 15) is 0 Å². The molecule has 0 unspecified atom stereocenters. The van der Waals surface area contributed by atoms with Gasteiger partial charge in [-0.2, -0.15) is 0 Å². The lowest BCUT2D eigenvalue weighted by molar-refractivity contribution is 0.128. The molecular weight excluding hydrogens is 453 g/mol. The van der Waals surface area contributed by atoms with Gasteiger partial charge in [0.2, 0.25) is 0 Å². The predicted molar refractivity (Wildman–Crippen MR) is 122 cm³/mol. The normalized spacial score (nSPS) is 10.8. The van der Waals surface area contributed by atoms with Gasteiger partial charge in [-0.1, -0.05) is 48.5 Å². The summed E-state index contributed by atoms with van der Waals surface area (Å²) in [6, 6.07) is 18.3. The molecule has 0 aromatic heterocycles. The summed E-state index contributed by atoms with van der Waals surface area (Å²) in [5, 5.41) is 6.62. The van der Waals surface area contributed by atoms with E-state index in [-0.39, 0.29) is 24.0 Å². The number of ether oxygens (including phenoxy) is 2. The zero-order valence-corrected chi connectivity index (χ0v) is 18.4. The van der Waals surface area contributed by atoms with E-state index in [1.54, 1.807) is 7.11 Å². The number of rotatable bonds is 10. The van der Waals surface area contributed by atoms with Gasteiger partial charge in [0.15, 0.2) is 5.96 Å². The van der Waals surface area contributed by atoms with Gasteiger partial charge in [0, 0.05) is 13.1 Å². The van der Waals surface area contributed by atoms with Crippen LogP contribution < -0.4 is 15.4 Å². The molecule has 27 heavy (non-hydrogen) atoms. The monoisotopic (exact) mass is 483 g/mol. The highest BCUT2D eigenvalue weighted by atomic mass is 127. The van der Waals surface area contributed by atoms with Crippen LogP contribution >= 0.6 is 24.0 Å². The predicted octanol–water partition coefficient (Wildman–Crippen LogP) is 3.63. The molecule has 0 amide bonds. The van der Waals surface area contributed by atoms with Crippen LogP contribution in [0.4, 0.5) is 0 Å². The van der Waals surface area contributed by atoms with Crippen molar-refractivity contribution >= 4 is 29.9 Å². The summed E-state index contributed by atoms with van der Waals surface area (Å²) in [7, 11) is 1.70. The minimum Gasteiger partial charge on any atom is -0.496 e.